The van der Waals surface area contributed by atoms with Crippen molar-refractivity contribution >= 4 is 24.1 Å². The minimum absolute atomic E-state index is 0.00505. The first-order chi connectivity index (χ1) is 18.3. The third kappa shape index (κ3) is 6.51. The maximum atomic E-state index is 14.4. The SMILES string of the molecule is C/C(N)=C/N(N)Cc1cn2cc(C3CC3)ccc2n1.N=CN(N=N)c1ccc(C2CC2)c(F)c1CNC=O. The maximum absolute atomic E-state index is 14.4. The van der Waals surface area contributed by atoms with Gasteiger partial charge in [-0.25, -0.2) is 20.2 Å². The van der Waals surface area contributed by atoms with Crippen molar-refractivity contribution in [3.8, 4) is 0 Å². The van der Waals surface area contributed by atoms with E-state index in [1.54, 1.807) is 23.3 Å². The molecule has 2 fully saturated rings. The van der Waals surface area contributed by atoms with Gasteiger partial charge in [0.15, 0.2) is 0 Å². The summed E-state index contributed by atoms with van der Waals surface area (Å²) in [6.45, 7) is 2.37. The van der Waals surface area contributed by atoms with Crippen LogP contribution in [0.5, 0.6) is 0 Å². The number of hydrogen-bond acceptors (Lipinski definition) is 8. The number of allylic oxidation sites excluding steroid dienone is 1. The van der Waals surface area contributed by atoms with Crippen LogP contribution in [0.1, 0.15) is 66.8 Å². The van der Waals surface area contributed by atoms with Gasteiger partial charge in [-0.15, -0.1) is 0 Å². The number of pyridine rings is 1. The van der Waals surface area contributed by atoms with E-state index in [0.717, 1.165) is 41.4 Å². The number of rotatable bonds is 11. The van der Waals surface area contributed by atoms with Crippen molar-refractivity contribution in [1.82, 2.24) is 19.7 Å². The quantitative estimate of drug-likeness (QED) is 0.0640. The number of aromatic nitrogens is 2. The first kappa shape index (κ1) is 26.7. The number of benzene rings is 1. The van der Waals surface area contributed by atoms with Gasteiger partial charge in [0.25, 0.3) is 0 Å². The Bertz CT molecular complexity index is 1330. The van der Waals surface area contributed by atoms with Crippen molar-refractivity contribution in [3.63, 3.8) is 0 Å². The average Bonchev–Trinajstić information content (AvgIpc) is 3.81. The molecule has 1 amide bonds. The molecule has 0 saturated heterocycles. The van der Waals surface area contributed by atoms with Crippen molar-refractivity contribution in [2.75, 3.05) is 5.01 Å². The monoisotopic (exact) mass is 520 g/mol. The number of nitrogens with two attached hydrogens (primary N) is 2. The van der Waals surface area contributed by atoms with Crippen LogP contribution < -0.4 is 21.9 Å². The molecule has 3 aromatic rings. The second-order valence-corrected chi connectivity index (χ2v) is 9.59. The molecule has 0 unspecified atom stereocenters. The van der Waals surface area contributed by atoms with Crippen molar-refractivity contribution in [2.45, 2.75) is 57.5 Å². The largest absolute Gasteiger partial charge is 0.401 e. The second-order valence-electron chi connectivity index (χ2n) is 9.59. The second kappa shape index (κ2) is 11.8. The number of nitrogens with zero attached hydrogens (tertiary/aromatic N) is 5. The number of hydrazine groups is 1. The molecule has 5 rings (SSSR count). The van der Waals surface area contributed by atoms with E-state index in [-0.39, 0.29) is 23.8 Å². The highest BCUT2D eigenvalue weighted by molar-refractivity contribution is 5.78. The van der Waals surface area contributed by atoms with Crippen LogP contribution in [0.25, 0.3) is 5.65 Å². The predicted octanol–water partition coefficient (Wildman–Crippen LogP) is 4.02. The number of carbonyl (C=O) groups is 1. The maximum Gasteiger partial charge on any atom is 0.207 e. The van der Waals surface area contributed by atoms with Crippen LogP contribution in [-0.2, 0) is 17.9 Å². The van der Waals surface area contributed by atoms with Crippen LogP contribution in [-0.4, -0.2) is 27.1 Å². The molecular formula is C26H33FN10O. The zero-order chi connectivity index (χ0) is 27.2. The van der Waals surface area contributed by atoms with E-state index in [0.29, 0.717) is 29.9 Å². The van der Waals surface area contributed by atoms with Crippen LogP contribution in [0.2, 0.25) is 0 Å². The van der Waals surface area contributed by atoms with Crippen LogP contribution in [0.4, 0.5) is 10.1 Å². The van der Waals surface area contributed by atoms with Crippen LogP contribution in [0, 0.1) is 16.8 Å². The predicted molar refractivity (Wildman–Crippen MR) is 143 cm³/mol. The summed E-state index contributed by atoms with van der Waals surface area (Å²) >= 11 is 0. The van der Waals surface area contributed by atoms with Gasteiger partial charge in [-0.2, -0.15) is 5.53 Å². The Hall–Kier alpha value is -4.32. The molecule has 2 heterocycles. The molecule has 200 valence electrons. The molecule has 0 aliphatic heterocycles. The smallest absolute Gasteiger partial charge is 0.207 e. The molecule has 11 nitrogen and oxygen atoms in total. The van der Waals surface area contributed by atoms with Crippen molar-refractivity contribution in [2.24, 2.45) is 16.8 Å². The van der Waals surface area contributed by atoms with Gasteiger partial charge >= 0.3 is 0 Å². The molecule has 2 saturated carbocycles. The Morgan fingerprint density at radius 2 is 1.97 bits per heavy atom. The van der Waals surface area contributed by atoms with Crippen molar-refractivity contribution < 1.29 is 9.18 Å². The molecule has 1 aromatic carbocycles. The number of halogens is 1. The van der Waals surface area contributed by atoms with Gasteiger partial charge < -0.3 is 20.5 Å². The number of carbonyl (C=O) groups excluding carboxylic acids is 1. The van der Waals surface area contributed by atoms with E-state index in [2.05, 4.69) is 38.3 Å². The van der Waals surface area contributed by atoms with E-state index in [1.807, 2.05) is 13.1 Å². The molecule has 0 radical (unpaired) electrons. The van der Waals surface area contributed by atoms with Gasteiger partial charge in [0.1, 0.15) is 17.8 Å². The van der Waals surface area contributed by atoms with Gasteiger partial charge in [0.2, 0.25) is 6.41 Å². The van der Waals surface area contributed by atoms with Crippen LogP contribution in [0.3, 0.4) is 0 Å². The van der Waals surface area contributed by atoms with Gasteiger partial charge in [-0.3, -0.25) is 10.2 Å². The third-order valence-corrected chi connectivity index (χ3v) is 6.39. The summed E-state index contributed by atoms with van der Waals surface area (Å²) in [5.74, 6) is 6.45. The lowest BCUT2D eigenvalue weighted by Crippen LogP contribution is -2.25. The lowest BCUT2D eigenvalue weighted by molar-refractivity contribution is -0.109. The first-order valence-electron chi connectivity index (χ1n) is 12.4. The highest BCUT2D eigenvalue weighted by Crippen LogP contribution is 2.43. The number of amides is 1. The molecule has 0 bridgehead atoms. The molecule has 0 atom stereocenters. The number of hydrogen-bond donors (Lipinski definition) is 5. The van der Waals surface area contributed by atoms with Crippen molar-refractivity contribution in [1.29, 1.82) is 10.9 Å². The van der Waals surface area contributed by atoms with Gasteiger partial charge in [-0.1, -0.05) is 17.4 Å². The van der Waals surface area contributed by atoms with Gasteiger partial charge in [0, 0.05) is 36.4 Å². The van der Waals surface area contributed by atoms with E-state index in [1.165, 1.54) is 18.4 Å². The lowest BCUT2D eigenvalue weighted by atomic mass is 10.0. The molecule has 2 aliphatic rings. The van der Waals surface area contributed by atoms with Gasteiger partial charge in [-0.05, 0) is 67.7 Å². The number of imidazole rings is 1. The summed E-state index contributed by atoms with van der Waals surface area (Å²) in [4.78, 5) is 14.9. The zero-order valence-corrected chi connectivity index (χ0v) is 21.3. The number of anilines is 1. The summed E-state index contributed by atoms with van der Waals surface area (Å²) in [5, 5.41) is 15.2. The molecule has 12 heteroatoms. The van der Waals surface area contributed by atoms with Crippen molar-refractivity contribution in [3.05, 3.63) is 76.8 Å². The van der Waals surface area contributed by atoms with E-state index >= 15 is 0 Å². The summed E-state index contributed by atoms with van der Waals surface area (Å²) in [7, 11) is 0. The minimum Gasteiger partial charge on any atom is -0.401 e. The summed E-state index contributed by atoms with van der Waals surface area (Å²) in [5.41, 5.74) is 17.7. The molecular weight excluding hydrogens is 487 g/mol. The summed E-state index contributed by atoms with van der Waals surface area (Å²) < 4.78 is 16.5. The topological polar surface area (TPSA) is 165 Å². The Labute approximate surface area is 220 Å². The molecule has 2 aliphatic carbocycles. The normalized spacial score (nSPS) is 14.9. The fraction of sp³-hybridized carbons (Fsp3) is 0.346. The average molecular weight is 521 g/mol. The Morgan fingerprint density at radius 3 is 2.58 bits per heavy atom. The number of fused-ring (bicyclic) bond motifs is 1. The molecule has 0 spiro atoms. The highest BCUT2D eigenvalue weighted by atomic mass is 19.1. The minimum atomic E-state index is -0.384. The fourth-order valence-corrected chi connectivity index (χ4v) is 4.31. The number of nitrogens with one attached hydrogen (secondary N) is 3. The standard InChI is InChI=1S/C14H19N5.C12H14FN5O/c1-10(15)6-19(16)9-13-8-18-7-12(11-2-3-11)4-5-14(18)17-13;13-12-9(8-1-2-8)3-4-11(18(6-14)17-15)10(12)5-16-7-19/h4-8,11H,2-3,9,15-16H2,1H3;3-4,6-8,14-15H,1-2,5H2,(H,16,19)/b10-6-;. The first-order valence-corrected chi connectivity index (χ1v) is 12.4. The molecule has 2 aromatic heterocycles. The highest BCUT2D eigenvalue weighted by Gasteiger charge is 2.29. The fourth-order valence-electron chi connectivity index (χ4n) is 4.31. The summed E-state index contributed by atoms with van der Waals surface area (Å²) in [6, 6.07) is 7.53. The summed E-state index contributed by atoms with van der Waals surface area (Å²) in [6.07, 6.45) is 11.8. The molecule has 38 heavy (non-hydrogen) atoms. The lowest BCUT2D eigenvalue weighted by Gasteiger charge is -2.17. The van der Waals surface area contributed by atoms with Crippen LogP contribution in [0.15, 0.2) is 53.8 Å². The van der Waals surface area contributed by atoms with Crippen LogP contribution >= 0.6 is 0 Å². The van der Waals surface area contributed by atoms with E-state index in [4.69, 9.17) is 22.5 Å². The van der Waals surface area contributed by atoms with E-state index in [9.17, 15) is 9.18 Å². The zero-order valence-electron chi connectivity index (χ0n) is 21.3. The Kier molecular flexibility index (Phi) is 8.31. The van der Waals surface area contributed by atoms with E-state index < -0.39 is 0 Å². The molecule has 7 N–H and O–H groups in total. The third-order valence-electron chi connectivity index (χ3n) is 6.39. The Balaban J connectivity index is 0.000000177. The van der Waals surface area contributed by atoms with Gasteiger partial charge in [0.05, 0.1) is 17.9 Å². The Morgan fingerprint density at radius 1 is 1.24 bits per heavy atom.